The summed E-state index contributed by atoms with van der Waals surface area (Å²) in [5.74, 6) is 2.30. The van der Waals surface area contributed by atoms with Gasteiger partial charge in [0, 0.05) is 51.3 Å². The monoisotopic (exact) mass is 386 g/mol. The van der Waals surface area contributed by atoms with E-state index in [1.54, 1.807) is 24.2 Å². The molecule has 2 aromatic heterocycles. The molecule has 0 aromatic carbocycles. The molecule has 0 aliphatic carbocycles. The zero-order valence-corrected chi connectivity index (χ0v) is 16.8. The quantitative estimate of drug-likeness (QED) is 0.402. The van der Waals surface area contributed by atoms with Gasteiger partial charge in [-0.25, -0.2) is 14.7 Å². The Hall–Kier alpha value is -2.45. The number of aliphatic imine (C=N–C) groups is 1. The van der Waals surface area contributed by atoms with Gasteiger partial charge in [0.05, 0.1) is 26.4 Å². The molecule has 2 aromatic rings. The standard InChI is InChI=1S/C20H30N6O2/c1-3-21-20(25-10-6-18(15-25)16-28-12-11-27-2)23-14-17-5-8-22-19(13-17)26-9-4-7-24-26/h4-5,7-9,13,18H,3,6,10-12,14-16H2,1-2H3,(H,21,23). The van der Waals surface area contributed by atoms with Gasteiger partial charge in [0.25, 0.3) is 0 Å². The third kappa shape index (κ3) is 5.77. The number of pyridine rings is 1. The highest BCUT2D eigenvalue weighted by Crippen LogP contribution is 2.17. The summed E-state index contributed by atoms with van der Waals surface area (Å²) in [6.45, 7) is 7.58. The van der Waals surface area contributed by atoms with Crippen molar-refractivity contribution >= 4 is 5.96 Å². The molecule has 3 rings (SSSR count). The third-order valence-electron chi connectivity index (χ3n) is 4.67. The number of aromatic nitrogens is 3. The van der Waals surface area contributed by atoms with Gasteiger partial charge in [-0.3, -0.25) is 0 Å². The fraction of sp³-hybridized carbons (Fsp3) is 0.550. The largest absolute Gasteiger partial charge is 0.382 e. The Bertz CT molecular complexity index is 734. The molecule has 3 heterocycles. The van der Waals surface area contributed by atoms with Crippen molar-refractivity contribution in [3.8, 4) is 5.82 Å². The minimum Gasteiger partial charge on any atom is -0.382 e. The number of methoxy groups -OCH3 is 1. The zero-order valence-electron chi connectivity index (χ0n) is 16.8. The van der Waals surface area contributed by atoms with Crippen molar-refractivity contribution in [3.05, 3.63) is 42.4 Å². The molecular formula is C20H30N6O2. The molecule has 1 unspecified atom stereocenters. The number of nitrogens with zero attached hydrogens (tertiary/aromatic N) is 5. The molecule has 152 valence electrons. The molecule has 0 amide bonds. The highest BCUT2D eigenvalue weighted by Gasteiger charge is 2.24. The molecular weight excluding hydrogens is 356 g/mol. The number of likely N-dealkylation sites (tertiary alicyclic amines) is 1. The molecule has 0 bridgehead atoms. The second kappa shape index (κ2) is 10.8. The van der Waals surface area contributed by atoms with E-state index in [0.29, 0.717) is 25.7 Å². The molecule has 1 saturated heterocycles. The second-order valence-electron chi connectivity index (χ2n) is 6.81. The molecule has 1 atom stereocenters. The number of hydrogen-bond donors (Lipinski definition) is 1. The van der Waals surface area contributed by atoms with Crippen LogP contribution in [0.2, 0.25) is 0 Å². The summed E-state index contributed by atoms with van der Waals surface area (Å²) in [5, 5.41) is 7.65. The van der Waals surface area contributed by atoms with Gasteiger partial charge in [-0.1, -0.05) is 0 Å². The summed E-state index contributed by atoms with van der Waals surface area (Å²) < 4.78 is 12.5. The Balaban J connectivity index is 1.58. The van der Waals surface area contributed by atoms with Crippen LogP contribution >= 0.6 is 0 Å². The lowest BCUT2D eigenvalue weighted by Gasteiger charge is -2.21. The van der Waals surface area contributed by atoms with Crippen LogP contribution in [0, 0.1) is 5.92 Å². The van der Waals surface area contributed by atoms with Crippen molar-refractivity contribution in [2.75, 3.05) is 46.6 Å². The van der Waals surface area contributed by atoms with Crippen molar-refractivity contribution in [1.29, 1.82) is 0 Å². The van der Waals surface area contributed by atoms with Crippen molar-refractivity contribution in [2.45, 2.75) is 19.9 Å². The molecule has 0 radical (unpaired) electrons. The van der Waals surface area contributed by atoms with Crippen LogP contribution in [0.3, 0.4) is 0 Å². The average Bonchev–Trinajstić information content (AvgIpc) is 3.41. The van der Waals surface area contributed by atoms with Crippen molar-refractivity contribution in [1.82, 2.24) is 25.0 Å². The minimum atomic E-state index is 0.535. The van der Waals surface area contributed by atoms with Crippen molar-refractivity contribution in [2.24, 2.45) is 10.9 Å². The van der Waals surface area contributed by atoms with E-state index >= 15 is 0 Å². The van der Waals surface area contributed by atoms with Gasteiger partial charge in [0.2, 0.25) is 0 Å². The van der Waals surface area contributed by atoms with Crippen molar-refractivity contribution in [3.63, 3.8) is 0 Å². The Labute approximate surface area is 166 Å². The van der Waals surface area contributed by atoms with Gasteiger partial charge in [0.1, 0.15) is 0 Å². The summed E-state index contributed by atoms with van der Waals surface area (Å²) in [6, 6.07) is 5.91. The molecule has 28 heavy (non-hydrogen) atoms. The van der Waals surface area contributed by atoms with Gasteiger partial charge in [-0.05, 0) is 37.1 Å². The molecule has 0 spiro atoms. The van der Waals surface area contributed by atoms with Crippen LogP contribution in [0.4, 0.5) is 0 Å². The molecule has 0 saturated carbocycles. The second-order valence-corrected chi connectivity index (χ2v) is 6.81. The van der Waals surface area contributed by atoms with Crippen LogP contribution in [-0.4, -0.2) is 72.2 Å². The SMILES string of the molecule is CCNC(=NCc1ccnc(-n2cccn2)c1)N1CCC(COCCOC)C1. The Kier molecular flexibility index (Phi) is 7.81. The van der Waals surface area contributed by atoms with Gasteiger partial charge in [-0.2, -0.15) is 5.10 Å². The number of rotatable bonds is 9. The molecule has 8 nitrogen and oxygen atoms in total. The maximum Gasteiger partial charge on any atom is 0.194 e. The predicted molar refractivity (Wildman–Crippen MR) is 109 cm³/mol. The van der Waals surface area contributed by atoms with Crippen LogP contribution in [-0.2, 0) is 16.0 Å². The Morgan fingerprint density at radius 1 is 1.36 bits per heavy atom. The van der Waals surface area contributed by atoms with E-state index in [9.17, 15) is 0 Å². The van der Waals surface area contributed by atoms with Crippen LogP contribution in [0.1, 0.15) is 18.9 Å². The van der Waals surface area contributed by atoms with E-state index in [0.717, 1.165) is 50.0 Å². The van der Waals surface area contributed by atoms with Crippen LogP contribution in [0.15, 0.2) is 41.8 Å². The smallest absolute Gasteiger partial charge is 0.194 e. The van der Waals surface area contributed by atoms with E-state index in [1.165, 1.54) is 0 Å². The zero-order chi connectivity index (χ0) is 19.6. The molecule has 1 N–H and O–H groups in total. The highest BCUT2D eigenvalue weighted by molar-refractivity contribution is 5.80. The summed E-state index contributed by atoms with van der Waals surface area (Å²) in [5.41, 5.74) is 1.11. The maximum absolute atomic E-state index is 5.70. The summed E-state index contributed by atoms with van der Waals surface area (Å²) in [7, 11) is 1.70. The lowest BCUT2D eigenvalue weighted by atomic mass is 10.1. The van der Waals surface area contributed by atoms with Gasteiger partial charge in [0.15, 0.2) is 11.8 Å². The normalized spacial score (nSPS) is 17.3. The molecule has 8 heteroatoms. The lowest BCUT2D eigenvalue weighted by Crippen LogP contribution is -2.40. The van der Waals surface area contributed by atoms with Gasteiger partial charge in [-0.15, -0.1) is 0 Å². The van der Waals surface area contributed by atoms with E-state index in [-0.39, 0.29) is 0 Å². The number of hydrogen-bond acceptors (Lipinski definition) is 5. The summed E-state index contributed by atoms with van der Waals surface area (Å²) in [4.78, 5) is 11.5. The van der Waals surface area contributed by atoms with Crippen LogP contribution in [0.25, 0.3) is 5.82 Å². The summed E-state index contributed by atoms with van der Waals surface area (Å²) >= 11 is 0. The molecule has 1 fully saturated rings. The maximum atomic E-state index is 5.70. The Morgan fingerprint density at radius 3 is 3.07 bits per heavy atom. The highest BCUT2D eigenvalue weighted by atomic mass is 16.5. The first-order valence-electron chi connectivity index (χ1n) is 9.85. The lowest BCUT2D eigenvalue weighted by molar-refractivity contribution is 0.0536. The predicted octanol–water partition coefficient (Wildman–Crippen LogP) is 1.72. The fourth-order valence-corrected chi connectivity index (χ4v) is 3.23. The number of ether oxygens (including phenoxy) is 2. The van der Waals surface area contributed by atoms with E-state index in [1.807, 2.05) is 24.4 Å². The first-order chi connectivity index (χ1) is 13.8. The van der Waals surface area contributed by atoms with Crippen molar-refractivity contribution < 1.29 is 9.47 Å². The van der Waals surface area contributed by atoms with Crippen LogP contribution < -0.4 is 5.32 Å². The number of guanidine groups is 1. The van der Waals surface area contributed by atoms with E-state index in [4.69, 9.17) is 14.5 Å². The Morgan fingerprint density at radius 2 is 2.29 bits per heavy atom. The molecule has 1 aliphatic rings. The third-order valence-corrected chi connectivity index (χ3v) is 4.67. The van der Waals surface area contributed by atoms with Gasteiger partial charge >= 0.3 is 0 Å². The average molecular weight is 387 g/mol. The van der Waals surface area contributed by atoms with E-state index in [2.05, 4.69) is 27.2 Å². The minimum absolute atomic E-state index is 0.535. The van der Waals surface area contributed by atoms with Gasteiger partial charge < -0.3 is 19.7 Å². The first kappa shape index (κ1) is 20.3. The number of nitrogens with one attached hydrogen (secondary N) is 1. The first-order valence-corrected chi connectivity index (χ1v) is 9.85. The fourth-order valence-electron chi connectivity index (χ4n) is 3.23. The van der Waals surface area contributed by atoms with E-state index < -0.39 is 0 Å². The molecule has 1 aliphatic heterocycles. The topological polar surface area (TPSA) is 76.8 Å². The summed E-state index contributed by atoms with van der Waals surface area (Å²) in [6.07, 6.45) is 6.56. The van der Waals surface area contributed by atoms with Crippen LogP contribution in [0.5, 0.6) is 0 Å².